The van der Waals surface area contributed by atoms with E-state index in [9.17, 15) is 0 Å². The van der Waals surface area contributed by atoms with Crippen molar-refractivity contribution in [1.29, 1.82) is 0 Å². The van der Waals surface area contributed by atoms with Gasteiger partial charge in [-0.25, -0.2) is 0 Å². The average molecular weight is 97.2 g/mol. The monoisotopic (exact) mass is 97.1 g/mol. The molecule has 0 atom stereocenters. The van der Waals surface area contributed by atoms with E-state index in [2.05, 4.69) is 0 Å². The van der Waals surface area contributed by atoms with E-state index in [-0.39, 0.29) is 0 Å². The fourth-order valence-electron chi connectivity index (χ4n) is 0.248. The van der Waals surface area contributed by atoms with Crippen LogP contribution in [0.2, 0.25) is 0 Å². The number of hydrogen-bond donors (Lipinski definition) is 1. The summed E-state index contributed by atoms with van der Waals surface area (Å²) in [5.74, 6) is 0. The van der Waals surface area contributed by atoms with Gasteiger partial charge in [-0.05, 0) is 19.9 Å². The number of hydrogen-bond acceptors (Lipinski definition) is 1. The molecule has 0 saturated heterocycles. The standard InChI is InChI=1S/C6H11N/c1-3-4-5-6(2)7/h3-5H,7H2,1-2H3/b4-3-,6-5-. The molecule has 0 aliphatic rings. The lowest BCUT2D eigenvalue weighted by Crippen LogP contribution is -1.87. The van der Waals surface area contributed by atoms with Gasteiger partial charge in [-0.3, -0.25) is 0 Å². The van der Waals surface area contributed by atoms with Crippen LogP contribution >= 0.6 is 0 Å². The van der Waals surface area contributed by atoms with Crippen LogP contribution in [0.5, 0.6) is 0 Å². The minimum absolute atomic E-state index is 0.845. The van der Waals surface area contributed by atoms with Crippen molar-refractivity contribution in [3.05, 3.63) is 23.9 Å². The highest BCUT2D eigenvalue weighted by Crippen LogP contribution is 1.79. The first-order chi connectivity index (χ1) is 3.27. The Balaban J connectivity index is 3.46. The molecule has 1 heteroatoms. The van der Waals surface area contributed by atoms with E-state index in [0.29, 0.717) is 0 Å². The Hall–Kier alpha value is -0.720. The summed E-state index contributed by atoms with van der Waals surface area (Å²) in [7, 11) is 0. The van der Waals surface area contributed by atoms with Crippen molar-refractivity contribution < 1.29 is 0 Å². The van der Waals surface area contributed by atoms with E-state index < -0.39 is 0 Å². The van der Waals surface area contributed by atoms with Crippen molar-refractivity contribution in [3.63, 3.8) is 0 Å². The number of allylic oxidation sites excluding steroid dienone is 4. The third-order valence-corrected chi connectivity index (χ3v) is 0.552. The largest absolute Gasteiger partial charge is 0.402 e. The second kappa shape index (κ2) is 3.47. The Kier molecular flexibility index (Phi) is 3.11. The lowest BCUT2D eigenvalue weighted by atomic mass is 10.4. The molecule has 0 heterocycles. The maximum absolute atomic E-state index is 5.29. The molecule has 0 saturated carbocycles. The Bertz CT molecular complexity index is 86.4. The lowest BCUT2D eigenvalue weighted by molar-refractivity contribution is 1.32. The predicted octanol–water partition coefficient (Wildman–Crippen LogP) is 1.43. The van der Waals surface area contributed by atoms with Gasteiger partial charge in [-0.2, -0.15) is 0 Å². The van der Waals surface area contributed by atoms with E-state index in [4.69, 9.17) is 5.73 Å². The van der Waals surface area contributed by atoms with Crippen LogP contribution in [0.25, 0.3) is 0 Å². The smallest absolute Gasteiger partial charge is 0.00487 e. The van der Waals surface area contributed by atoms with Crippen LogP contribution in [0.4, 0.5) is 0 Å². The molecule has 0 aromatic heterocycles. The van der Waals surface area contributed by atoms with Gasteiger partial charge in [-0.15, -0.1) is 0 Å². The Labute approximate surface area is 44.5 Å². The van der Waals surface area contributed by atoms with E-state index in [0.717, 1.165) is 5.70 Å². The molecule has 0 radical (unpaired) electrons. The molecule has 0 spiro atoms. The molecule has 0 fully saturated rings. The topological polar surface area (TPSA) is 26.0 Å². The first-order valence-electron chi connectivity index (χ1n) is 2.32. The molecule has 0 amide bonds. The first-order valence-corrected chi connectivity index (χ1v) is 2.32. The van der Waals surface area contributed by atoms with Crippen molar-refractivity contribution in [3.8, 4) is 0 Å². The summed E-state index contributed by atoms with van der Waals surface area (Å²) in [5, 5.41) is 0. The van der Waals surface area contributed by atoms with Crippen LogP contribution < -0.4 is 5.73 Å². The molecule has 0 aromatic carbocycles. The van der Waals surface area contributed by atoms with Crippen LogP contribution in [0, 0.1) is 0 Å². The van der Waals surface area contributed by atoms with Crippen LogP contribution in [0.15, 0.2) is 23.9 Å². The van der Waals surface area contributed by atoms with E-state index in [1.807, 2.05) is 32.1 Å². The Morgan fingerprint density at radius 2 is 2.14 bits per heavy atom. The normalized spacial score (nSPS) is 13.1. The van der Waals surface area contributed by atoms with Crippen molar-refractivity contribution in [2.24, 2.45) is 5.73 Å². The van der Waals surface area contributed by atoms with Crippen molar-refractivity contribution in [1.82, 2.24) is 0 Å². The van der Waals surface area contributed by atoms with Gasteiger partial charge in [0.1, 0.15) is 0 Å². The number of nitrogens with two attached hydrogens (primary N) is 1. The Morgan fingerprint density at radius 3 is 2.29 bits per heavy atom. The molecule has 2 N–H and O–H groups in total. The molecular weight excluding hydrogens is 86.1 g/mol. The summed E-state index contributed by atoms with van der Waals surface area (Å²) < 4.78 is 0. The molecule has 0 bridgehead atoms. The highest BCUT2D eigenvalue weighted by atomic mass is 14.5. The highest BCUT2D eigenvalue weighted by Gasteiger charge is 1.65. The highest BCUT2D eigenvalue weighted by molar-refractivity contribution is 5.06. The van der Waals surface area contributed by atoms with Crippen molar-refractivity contribution >= 4 is 0 Å². The lowest BCUT2D eigenvalue weighted by Gasteiger charge is -1.79. The molecule has 0 aromatic rings. The zero-order valence-electron chi connectivity index (χ0n) is 4.81. The third-order valence-electron chi connectivity index (χ3n) is 0.552. The molecule has 7 heavy (non-hydrogen) atoms. The summed E-state index contributed by atoms with van der Waals surface area (Å²) >= 11 is 0. The second-order valence-electron chi connectivity index (χ2n) is 1.44. The summed E-state index contributed by atoms with van der Waals surface area (Å²) in [6.45, 7) is 3.82. The fraction of sp³-hybridized carbons (Fsp3) is 0.333. The summed E-state index contributed by atoms with van der Waals surface area (Å²) in [6.07, 6.45) is 5.71. The molecule has 0 unspecified atom stereocenters. The van der Waals surface area contributed by atoms with Gasteiger partial charge in [0.05, 0.1) is 0 Å². The number of rotatable bonds is 1. The van der Waals surface area contributed by atoms with Crippen molar-refractivity contribution in [2.75, 3.05) is 0 Å². The SMILES string of the molecule is C/C=C\C=C(\C)N. The molecular formula is C6H11N. The molecule has 40 valence electrons. The molecule has 1 nitrogen and oxygen atoms in total. The zero-order chi connectivity index (χ0) is 5.70. The van der Waals surface area contributed by atoms with Crippen LogP contribution in [-0.2, 0) is 0 Å². The van der Waals surface area contributed by atoms with Gasteiger partial charge in [-0.1, -0.05) is 12.2 Å². The van der Waals surface area contributed by atoms with Crippen LogP contribution in [0.3, 0.4) is 0 Å². The summed E-state index contributed by atoms with van der Waals surface area (Å²) in [5.41, 5.74) is 6.13. The first kappa shape index (κ1) is 6.28. The Morgan fingerprint density at radius 1 is 1.57 bits per heavy atom. The molecule has 0 aliphatic carbocycles. The van der Waals surface area contributed by atoms with Gasteiger partial charge in [0, 0.05) is 5.70 Å². The molecule has 0 rings (SSSR count). The maximum atomic E-state index is 5.29. The summed E-state index contributed by atoms with van der Waals surface area (Å²) in [6, 6.07) is 0. The second-order valence-corrected chi connectivity index (χ2v) is 1.44. The fourth-order valence-corrected chi connectivity index (χ4v) is 0.248. The zero-order valence-corrected chi connectivity index (χ0v) is 4.81. The van der Waals surface area contributed by atoms with Gasteiger partial charge in [0.2, 0.25) is 0 Å². The van der Waals surface area contributed by atoms with Gasteiger partial charge in [0.15, 0.2) is 0 Å². The maximum Gasteiger partial charge on any atom is 0.00487 e. The van der Waals surface area contributed by atoms with Gasteiger partial charge < -0.3 is 5.73 Å². The quantitative estimate of drug-likeness (QED) is 0.492. The average Bonchev–Trinajstić information content (AvgIpc) is 1.61. The minimum Gasteiger partial charge on any atom is -0.402 e. The van der Waals surface area contributed by atoms with E-state index in [1.165, 1.54) is 0 Å². The van der Waals surface area contributed by atoms with Crippen molar-refractivity contribution in [2.45, 2.75) is 13.8 Å². The van der Waals surface area contributed by atoms with E-state index >= 15 is 0 Å². The predicted molar refractivity (Wildman–Crippen MR) is 32.8 cm³/mol. The summed E-state index contributed by atoms with van der Waals surface area (Å²) in [4.78, 5) is 0. The van der Waals surface area contributed by atoms with Gasteiger partial charge in [0.25, 0.3) is 0 Å². The van der Waals surface area contributed by atoms with Crippen LogP contribution in [-0.4, -0.2) is 0 Å². The van der Waals surface area contributed by atoms with E-state index in [1.54, 1.807) is 0 Å². The third kappa shape index (κ3) is 5.28. The minimum atomic E-state index is 0.845. The van der Waals surface area contributed by atoms with Crippen LogP contribution in [0.1, 0.15) is 13.8 Å². The molecule has 0 aliphatic heterocycles. The van der Waals surface area contributed by atoms with Gasteiger partial charge >= 0.3 is 0 Å².